The van der Waals surface area contributed by atoms with Crippen LogP contribution in [0.4, 0.5) is 13.9 Å². The van der Waals surface area contributed by atoms with Crippen molar-refractivity contribution in [3.05, 3.63) is 47.5 Å². The quantitative estimate of drug-likeness (QED) is 0.679. The van der Waals surface area contributed by atoms with Crippen LogP contribution in [-0.4, -0.2) is 49.1 Å². The van der Waals surface area contributed by atoms with E-state index in [0.29, 0.717) is 46.4 Å². The van der Waals surface area contributed by atoms with Crippen molar-refractivity contribution >= 4 is 32.6 Å². The van der Waals surface area contributed by atoms with Gasteiger partial charge in [-0.1, -0.05) is 17.4 Å². The molecular weight excluding hydrogens is 400 g/mol. The van der Waals surface area contributed by atoms with Gasteiger partial charge in [-0.25, -0.2) is 13.8 Å². The number of nitrogens with one attached hydrogen (secondary N) is 1. The number of benzene rings is 2. The molecule has 1 aliphatic rings. The summed E-state index contributed by atoms with van der Waals surface area (Å²) >= 11 is 1.13. The standard InChI is InChI=1S/C20H19F2N3O3S/c1-27-15-4-3-5-16(28-2)17(15)19(26)25-7-6-12(10-25)23-20-24-14-9-11(21)8-13(22)18(14)29-20/h3-5,8-9,12H,6-7,10H2,1-2H3,(H,23,24). The number of rotatable bonds is 5. The summed E-state index contributed by atoms with van der Waals surface area (Å²) in [5, 5.41) is 3.73. The van der Waals surface area contributed by atoms with Crippen LogP contribution in [0.1, 0.15) is 16.8 Å². The fourth-order valence-corrected chi connectivity index (χ4v) is 4.41. The van der Waals surface area contributed by atoms with Crippen molar-refractivity contribution in [2.75, 3.05) is 32.6 Å². The average Bonchev–Trinajstić information content (AvgIpc) is 3.33. The topological polar surface area (TPSA) is 63.7 Å². The van der Waals surface area contributed by atoms with E-state index in [0.717, 1.165) is 17.4 Å². The Morgan fingerprint density at radius 1 is 1.24 bits per heavy atom. The fourth-order valence-electron chi connectivity index (χ4n) is 3.48. The lowest BCUT2D eigenvalue weighted by atomic mass is 10.1. The van der Waals surface area contributed by atoms with Crippen LogP contribution in [-0.2, 0) is 0 Å². The van der Waals surface area contributed by atoms with Crippen molar-refractivity contribution in [2.24, 2.45) is 0 Å². The molecule has 6 nitrogen and oxygen atoms in total. The summed E-state index contributed by atoms with van der Waals surface area (Å²) in [6.07, 6.45) is 0.704. The molecule has 1 saturated heterocycles. The first-order chi connectivity index (χ1) is 14.0. The van der Waals surface area contributed by atoms with Gasteiger partial charge in [0, 0.05) is 31.3 Å². The van der Waals surface area contributed by atoms with E-state index in [1.165, 1.54) is 20.3 Å². The molecule has 1 atom stereocenters. The molecule has 1 N–H and O–H groups in total. The van der Waals surface area contributed by atoms with Gasteiger partial charge in [0.1, 0.15) is 28.7 Å². The molecule has 3 aromatic rings. The first kappa shape index (κ1) is 19.4. The van der Waals surface area contributed by atoms with Gasteiger partial charge in [0.2, 0.25) is 0 Å². The Balaban J connectivity index is 1.50. The van der Waals surface area contributed by atoms with E-state index in [9.17, 15) is 13.6 Å². The number of amides is 1. The van der Waals surface area contributed by atoms with Crippen molar-refractivity contribution < 1.29 is 23.0 Å². The molecule has 0 radical (unpaired) electrons. The number of thiazole rings is 1. The van der Waals surface area contributed by atoms with Crippen LogP contribution < -0.4 is 14.8 Å². The number of nitrogens with zero attached hydrogens (tertiary/aromatic N) is 2. The molecule has 1 aliphatic heterocycles. The van der Waals surface area contributed by atoms with Crippen LogP contribution in [0.5, 0.6) is 11.5 Å². The molecule has 0 spiro atoms. The van der Waals surface area contributed by atoms with Crippen LogP contribution in [0, 0.1) is 11.6 Å². The maximum Gasteiger partial charge on any atom is 0.261 e. The molecule has 1 aromatic heterocycles. The third kappa shape index (κ3) is 3.69. The molecular formula is C20H19F2N3O3S. The minimum Gasteiger partial charge on any atom is -0.496 e. The molecule has 0 saturated carbocycles. The maximum atomic E-state index is 13.9. The van der Waals surface area contributed by atoms with E-state index in [1.807, 2.05) is 0 Å². The van der Waals surface area contributed by atoms with Gasteiger partial charge in [-0.05, 0) is 18.6 Å². The minimum absolute atomic E-state index is 0.0480. The first-order valence-electron chi connectivity index (χ1n) is 9.02. The number of carbonyl (C=O) groups excluding carboxylic acids is 1. The number of carbonyl (C=O) groups is 1. The van der Waals surface area contributed by atoms with E-state index in [4.69, 9.17) is 9.47 Å². The first-order valence-corrected chi connectivity index (χ1v) is 9.84. The highest BCUT2D eigenvalue weighted by atomic mass is 32.1. The predicted molar refractivity (Wildman–Crippen MR) is 107 cm³/mol. The largest absolute Gasteiger partial charge is 0.496 e. The number of anilines is 1. The monoisotopic (exact) mass is 419 g/mol. The zero-order valence-electron chi connectivity index (χ0n) is 15.9. The smallest absolute Gasteiger partial charge is 0.261 e. The van der Waals surface area contributed by atoms with Crippen molar-refractivity contribution in [1.29, 1.82) is 0 Å². The van der Waals surface area contributed by atoms with E-state index < -0.39 is 11.6 Å². The molecule has 9 heteroatoms. The Hall–Kier alpha value is -2.94. The SMILES string of the molecule is COc1cccc(OC)c1C(=O)N1CCC(Nc2nc3cc(F)cc(F)c3s2)C1. The molecule has 152 valence electrons. The minimum atomic E-state index is -0.657. The number of aromatic nitrogens is 1. The summed E-state index contributed by atoms with van der Waals surface area (Å²) in [7, 11) is 3.02. The third-order valence-electron chi connectivity index (χ3n) is 4.85. The van der Waals surface area contributed by atoms with Crippen LogP contribution >= 0.6 is 11.3 Å². The highest BCUT2D eigenvalue weighted by Crippen LogP contribution is 2.32. The Morgan fingerprint density at radius 3 is 2.66 bits per heavy atom. The van der Waals surface area contributed by atoms with E-state index >= 15 is 0 Å². The second-order valence-electron chi connectivity index (χ2n) is 6.67. The Labute approximate surface area is 170 Å². The second-order valence-corrected chi connectivity index (χ2v) is 7.67. The zero-order chi connectivity index (χ0) is 20.5. The summed E-state index contributed by atoms with van der Waals surface area (Å²) in [6.45, 7) is 0.998. The molecule has 4 rings (SSSR count). The van der Waals surface area contributed by atoms with Gasteiger partial charge in [0.05, 0.1) is 24.4 Å². The van der Waals surface area contributed by atoms with Gasteiger partial charge in [-0.15, -0.1) is 0 Å². The van der Waals surface area contributed by atoms with Gasteiger partial charge < -0.3 is 19.7 Å². The van der Waals surface area contributed by atoms with Crippen molar-refractivity contribution in [2.45, 2.75) is 12.5 Å². The summed E-state index contributed by atoms with van der Waals surface area (Å²) in [5.74, 6) is -0.558. The second kappa shape index (κ2) is 7.82. The Kier molecular flexibility index (Phi) is 5.23. The van der Waals surface area contributed by atoms with Gasteiger partial charge in [-0.2, -0.15) is 0 Å². The Bertz CT molecular complexity index is 1050. The van der Waals surface area contributed by atoms with Crippen LogP contribution in [0.15, 0.2) is 30.3 Å². The molecule has 29 heavy (non-hydrogen) atoms. The number of ether oxygens (including phenoxy) is 2. The zero-order valence-corrected chi connectivity index (χ0v) is 16.7. The predicted octanol–water partition coefficient (Wildman–Crippen LogP) is 3.92. The number of halogens is 2. The number of methoxy groups -OCH3 is 2. The number of hydrogen-bond donors (Lipinski definition) is 1. The van der Waals surface area contributed by atoms with Gasteiger partial charge >= 0.3 is 0 Å². The summed E-state index contributed by atoms with van der Waals surface area (Å²) in [6, 6.07) is 7.21. The highest BCUT2D eigenvalue weighted by molar-refractivity contribution is 7.22. The van der Waals surface area contributed by atoms with E-state index in [2.05, 4.69) is 10.3 Å². The lowest BCUT2D eigenvalue weighted by Gasteiger charge is -2.20. The summed E-state index contributed by atoms with van der Waals surface area (Å²) in [4.78, 5) is 19.0. The lowest BCUT2D eigenvalue weighted by molar-refractivity contribution is 0.0784. The fraction of sp³-hybridized carbons (Fsp3) is 0.300. The molecule has 1 fully saturated rings. The van der Waals surface area contributed by atoms with Crippen LogP contribution in [0.2, 0.25) is 0 Å². The van der Waals surface area contributed by atoms with Crippen LogP contribution in [0.25, 0.3) is 10.2 Å². The number of hydrogen-bond acceptors (Lipinski definition) is 6. The molecule has 2 aromatic carbocycles. The van der Waals surface area contributed by atoms with Gasteiger partial charge in [0.25, 0.3) is 5.91 Å². The third-order valence-corrected chi connectivity index (χ3v) is 5.87. The molecule has 1 amide bonds. The maximum absolute atomic E-state index is 13.9. The molecule has 0 aliphatic carbocycles. The molecule has 2 heterocycles. The molecule has 0 bridgehead atoms. The van der Waals surface area contributed by atoms with Gasteiger partial charge in [-0.3, -0.25) is 4.79 Å². The van der Waals surface area contributed by atoms with Crippen LogP contribution in [0.3, 0.4) is 0 Å². The van der Waals surface area contributed by atoms with Crippen molar-refractivity contribution in [3.63, 3.8) is 0 Å². The highest BCUT2D eigenvalue weighted by Gasteiger charge is 2.31. The molecule has 1 unspecified atom stereocenters. The average molecular weight is 419 g/mol. The number of fused-ring (bicyclic) bond motifs is 1. The van der Waals surface area contributed by atoms with Crippen molar-refractivity contribution in [3.8, 4) is 11.5 Å². The number of likely N-dealkylation sites (tertiary alicyclic amines) is 1. The van der Waals surface area contributed by atoms with E-state index in [-0.39, 0.29) is 17.5 Å². The lowest BCUT2D eigenvalue weighted by Crippen LogP contribution is -2.32. The van der Waals surface area contributed by atoms with Gasteiger partial charge in [0.15, 0.2) is 5.13 Å². The van der Waals surface area contributed by atoms with E-state index in [1.54, 1.807) is 23.1 Å². The normalized spacial score (nSPS) is 16.3. The summed E-state index contributed by atoms with van der Waals surface area (Å²) < 4.78 is 38.2. The Morgan fingerprint density at radius 2 is 1.97 bits per heavy atom. The van der Waals surface area contributed by atoms with Crippen molar-refractivity contribution in [1.82, 2.24) is 9.88 Å². The summed E-state index contributed by atoms with van der Waals surface area (Å²) in [5.41, 5.74) is 0.662.